The van der Waals surface area contributed by atoms with E-state index >= 15 is 0 Å². The molecule has 0 spiro atoms. The van der Waals surface area contributed by atoms with Crippen molar-refractivity contribution in [3.63, 3.8) is 0 Å². The fourth-order valence-electron chi connectivity index (χ4n) is 3.22. The van der Waals surface area contributed by atoms with Gasteiger partial charge in [-0.2, -0.15) is 0 Å². The molecule has 0 fully saturated rings. The van der Waals surface area contributed by atoms with Crippen LogP contribution in [0.4, 0.5) is 17.3 Å². The van der Waals surface area contributed by atoms with E-state index in [1.807, 2.05) is 49.4 Å². The minimum atomic E-state index is -0.108. The Morgan fingerprint density at radius 1 is 1.11 bits per heavy atom. The lowest BCUT2D eigenvalue weighted by Gasteiger charge is -2.17. The lowest BCUT2D eigenvalue weighted by atomic mass is 10.2. The molecule has 2 heterocycles. The molecule has 0 saturated heterocycles. The van der Waals surface area contributed by atoms with E-state index in [4.69, 9.17) is 4.74 Å². The van der Waals surface area contributed by atoms with Gasteiger partial charge in [-0.25, -0.2) is 9.97 Å². The van der Waals surface area contributed by atoms with Crippen molar-refractivity contribution in [2.24, 2.45) is 0 Å². The van der Waals surface area contributed by atoms with Gasteiger partial charge in [0.15, 0.2) is 0 Å². The van der Waals surface area contributed by atoms with Crippen molar-refractivity contribution in [2.75, 3.05) is 23.9 Å². The van der Waals surface area contributed by atoms with Gasteiger partial charge in [0.1, 0.15) is 11.4 Å². The first-order chi connectivity index (χ1) is 13.1. The Bertz CT molecular complexity index is 986. The number of hydrogen-bond acceptors (Lipinski definition) is 5. The molecule has 1 N–H and O–H groups in total. The predicted molar refractivity (Wildman–Crippen MR) is 105 cm³/mol. The molecule has 6 nitrogen and oxygen atoms in total. The van der Waals surface area contributed by atoms with Gasteiger partial charge in [0.2, 0.25) is 5.95 Å². The average molecular weight is 360 g/mol. The number of methoxy groups -OCH3 is 1. The Labute approximate surface area is 157 Å². The van der Waals surface area contributed by atoms with Crippen LogP contribution in [0, 0.1) is 6.92 Å². The fraction of sp³-hybridized carbons (Fsp3) is 0.190. The van der Waals surface area contributed by atoms with E-state index in [1.54, 1.807) is 18.1 Å². The van der Waals surface area contributed by atoms with E-state index in [0.29, 0.717) is 18.2 Å². The van der Waals surface area contributed by atoms with Gasteiger partial charge in [0, 0.05) is 23.6 Å². The summed E-state index contributed by atoms with van der Waals surface area (Å²) in [4.78, 5) is 23.7. The van der Waals surface area contributed by atoms with Gasteiger partial charge in [-0.1, -0.05) is 18.2 Å². The second kappa shape index (κ2) is 7.07. The first-order valence-electron chi connectivity index (χ1n) is 8.80. The van der Waals surface area contributed by atoms with Crippen LogP contribution in [0.1, 0.15) is 21.7 Å². The Hall–Kier alpha value is -3.41. The molecule has 0 bridgehead atoms. The molecule has 1 amide bonds. The summed E-state index contributed by atoms with van der Waals surface area (Å²) >= 11 is 0. The third-order valence-corrected chi connectivity index (χ3v) is 4.55. The number of fused-ring (bicyclic) bond motifs is 1. The van der Waals surface area contributed by atoms with Crippen molar-refractivity contribution in [1.29, 1.82) is 0 Å². The number of rotatable bonds is 4. The maximum Gasteiger partial charge on any atom is 0.277 e. The zero-order valence-electron chi connectivity index (χ0n) is 15.3. The summed E-state index contributed by atoms with van der Waals surface area (Å²) in [5.74, 6) is 1.06. The Morgan fingerprint density at radius 2 is 1.89 bits per heavy atom. The van der Waals surface area contributed by atoms with Gasteiger partial charge >= 0.3 is 0 Å². The normalized spacial score (nSPS) is 12.6. The van der Waals surface area contributed by atoms with Gasteiger partial charge in [0.25, 0.3) is 5.91 Å². The van der Waals surface area contributed by atoms with Gasteiger partial charge in [0.05, 0.1) is 7.11 Å². The smallest absolute Gasteiger partial charge is 0.277 e. The number of hydrogen-bond donors (Lipinski definition) is 1. The van der Waals surface area contributed by atoms with Crippen LogP contribution in [0.5, 0.6) is 5.75 Å². The van der Waals surface area contributed by atoms with Crippen molar-refractivity contribution >= 4 is 23.2 Å². The van der Waals surface area contributed by atoms with Crippen LogP contribution >= 0.6 is 0 Å². The Morgan fingerprint density at radius 3 is 2.67 bits per heavy atom. The lowest BCUT2D eigenvalue weighted by Crippen LogP contribution is -2.30. The van der Waals surface area contributed by atoms with Crippen LogP contribution < -0.4 is 15.0 Å². The highest BCUT2D eigenvalue weighted by molar-refractivity contribution is 6.06. The molecule has 0 unspecified atom stereocenters. The third kappa shape index (κ3) is 3.46. The molecule has 4 rings (SSSR count). The maximum absolute atomic E-state index is 13.0. The molecular weight excluding hydrogens is 340 g/mol. The molecule has 136 valence electrons. The number of anilines is 3. The number of ether oxygens (including phenoxy) is 1. The highest BCUT2D eigenvalue weighted by Gasteiger charge is 2.26. The van der Waals surface area contributed by atoms with E-state index in [0.717, 1.165) is 29.2 Å². The van der Waals surface area contributed by atoms with Gasteiger partial charge in [-0.3, -0.25) is 4.79 Å². The number of carbonyl (C=O) groups excluding carboxylic acids is 1. The largest absolute Gasteiger partial charge is 0.497 e. The second-order valence-corrected chi connectivity index (χ2v) is 6.41. The third-order valence-electron chi connectivity index (χ3n) is 4.55. The van der Waals surface area contributed by atoms with E-state index in [-0.39, 0.29) is 5.91 Å². The minimum Gasteiger partial charge on any atom is -0.497 e. The number of aryl methyl sites for hydroxylation is 1. The number of amides is 1. The predicted octanol–water partition coefficient (Wildman–Crippen LogP) is 3.74. The van der Waals surface area contributed by atoms with Crippen molar-refractivity contribution in [3.8, 4) is 5.75 Å². The molecule has 0 saturated carbocycles. The first-order valence-corrected chi connectivity index (χ1v) is 8.80. The summed E-state index contributed by atoms with van der Waals surface area (Å²) in [7, 11) is 1.63. The first kappa shape index (κ1) is 17.0. The molecule has 0 aliphatic carbocycles. The number of benzene rings is 2. The quantitative estimate of drug-likeness (QED) is 0.768. The molecule has 27 heavy (non-hydrogen) atoms. The zero-order valence-corrected chi connectivity index (χ0v) is 15.3. The van der Waals surface area contributed by atoms with Gasteiger partial charge < -0.3 is 15.0 Å². The summed E-state index contributed by atoms with van der Waals surface area (Å²) in [5.41, 5.74) is 4.09. The lowest BCUT2D eigenvalue weighted by molar-refractivity contribution is 0.0984. The van der Waals surface area contributed by atoms with Gasteiger partial charge in [-0.05, 0) is 55.3 Å². The van der Waals surface area contributed by atoms with Crippen molar-refractivity contribution in [2.45, 2.75) is 13.3 Å². The molecule has 1 aromatic heterocycles. The molecular formula is C21H20N4O2. The van der Waals surface area contributed by atoms with Crippen LogP contribution in [-0.4, -0.2) is 29.5 Å². The summed E-state index contributed by atoms with van der Waals surface area (Å²) in [6.07, 6.45) is 0.864. The summed E-state index contributed by atoms with van der Waals surface area (Å²) < 4.78 is 5.17. The average Bonchev–Trinajstić information content (AvgIpc) is 3.11. The van der Waals surface area contributed by atoms with E-state index in [2.05, 4.69) is 21.4 Å². The second-order valence-electron chi connectivity index (χ2n) is 6.41. The van der Waals surface area contributed by atoms with Crippen molar-refractivity contribution in [3.05, 3.63) is 71.5 Å². The summed E-state index contributed by atoms with van der Waals surface area (Å²) in [6, 6.07) is 17.2. The molecule has 1 aliphatic rings. The topological polar surface area (TPSA) is 67.3 Å². The number of nitrogens with one attached hydrogen (secondary N) is 1. The summed E-state index contributed by atoms with van der Waals surface area (Å²) in [6.45, 7) is 2.53. The highest BCUT2D eigenvalue weighted by Crippen LogP contribution is 2.29. The van der Waals surface area contributed by atoms with E-state index in [1.165, 1.54) is 5.56 Å². The zero-order chi connectivity index (χ0) is 18.8. The van der Waals surface area contributed by atoms with Gasteiger partial charge in [-0.15, -0.1) is 0 Å². The van der Waals surface area contributed by atoms with Crippen LogP contribution in [0.25, 0.3) is 0 Å². The molecule has 0 radical (unpaired) electrons. The number of para-hydroxylation sites is 1. The Balaban J connectivity index is 1.59. The summed E-state index contributed by atoms with van der Waals surface area (Å²) in [5, 5.41) is 3.15. The maximum atomic E-state index is 13.0. The monoisotopic (exact) mass is 360 g/mol. The highest BCUT2D eigenvalue weighted by atomic mass is 16.5. The number of aromatic nitrogens is 2. The van der Waals surface area contributed by atoms with Crippen LogP contribution in [-0.2, 0) is 6.42 Å². The number of nitrogens with zero attached hydrogens (tertiary/aromatic N) is 3. The van der Waals surface area contributed by atoms with E-state index < -0.39 is 0 Å². The molecule has 3 aromatic rings. The Kier molecular flexibility index (Phi) is 4.46. The SMILES string of the molecule is COc1ccc(Nc2nc(C)cc(C(=O)N3CCc4ccccc43)n2)cc1. The van der Waals surface area contributed by atoms with E-state index in [9.17, 15) is 4.79 Å². The minimum absolute atomic E-state index is 0.108. The molecule has 6 heteroatoms. The molecule has 0 atom stereocenters. The van der Waals surface area contributed by atoms with Crippen LogP contribution in [0.15, 0.2) is 54.6 Å². The molecule has 2 aromatic carbocycles. The fourth-order valence-corrected chi connectivity index (χ4v) is 3.22. The van der Waals surface area contributed by atoms with Crippen molar-refractivity contribution < 1.29 is 9.53 Å². The van der Waals surface area contributed by atoms with Crippen LogP contribution in [0.3, 0.4) is 0 Å². The number of carbonyl (C=O) groups is 1. The standard InChI is InChI=1S/C21H20N4O2/c1-14-13-18(20(26)25-12-11-15-5-3-4-6-19(15)25)24-21(22-14)23-16-7-9-17(27-2)10-8-16/h3-10,13H,11-12H2,1-2H3,(H,22,23,24). The molecule has 1 aliphatic heterocycles. The van der Waals surface area contributed by atoms with Crippen molar-refractivity contribution in [1.82, 2.24) is 9.97 Å². The van der Waals surface area contributed by atoms with Crippen LogP contribution in [0.2, 0.25) is 0 Å².